The van der Waals surface area contributed by atoms with Gasteiger partial charge in [-0.3, -0.25) is 4.79 Å². The fraction of sp³-hybridized carbons (Fsp3) is 0.300. The molecule has 0 aromatic heterocycles. The maximum absolute atomic E-state index is 11.5. The molecule has 0 spiro atoms. The molecule has 0 aliphatic rings. The standard InChI is InChI=1S/C10H13ClN2O3S/c1-6(2)10(14)13-8-4-3-7(11)5-9(8)17(12,15)16/h3-6H,1-2H3,(H,13,14)(H2,12,15,16). The van der Waals surface area contributed by atoms with E-state index in [9.17, 15) is 13.2 Å². The number of carbonyl (C=O) groups is 1. The van der Waals surface area contributed by atoms with Crippen molar-refractivity contribution < 1.29 is 13.2 Å². The first kappa shape index (κ1) is 14.0. The molecule has 1 amide bonds. The summed E-state index contributed by atoms with van der Waals surface area (Å²) < 4.78 is 22.7. The van der Waals surface area contributed by atoms with Crippen molar-refractivity contribution in [1.29, 1.82) is 0 Å². The van der Waals surface area contributed by atoms with Crippen molar-refractivity contribution in [3.05, 3.63) is 23.2 Å². The Morgan fingerprint density at radius 1 is 1.41 bits per heavy atom. The second kappa shape index (κ2) is 5.03. The van der Waals surface area contributed by atoms with Gasteiger partial charge < -0.3 is 5.32 Å². The average molecular weight is 277 g/mol. The molecule has 7 heteroatoms. The minimum atomic E-state index is -3.93. The molecule has 0 bridgehead atoms. The van der Waals surface area contributed by atoms with Crippen LogP contribution < -0.4 is 10.5 Å². The monoisotopic (exact) mass is 276 g/mol. The molecular weight excluding hydrogens is 264 g/mol. The molecule has 0 fully saturated rings. The van der Waals surface area contributed by atoms with Gasteiger partial charge in [0.25, 0.3) is 0 Å². The van der Waals surface area contributed by atoms with Gasteiger partial charge in [0.1, 0.15) is 4.90 Å². The SMILES string of the molecule is CC(C)C(=O)Nc1ccc(Cl)cc1S(N)(=O)=O. The number of rotatable bonds is 3. The molecule has 0 heterocycles. The van der Waals surface area contributed by atoms with Crippen molar-refractivity contribution in [2.24, 2.45) is 11.1 Å². The van der Waals surface area contributed by atoms with E-state index < -0.39 is 10.0 Å². The van der Waals surface area contributed by atoms with E-state index in [2.05, 4.69) is 5.32 Å². The summed E-state index contributed by atoms with van der Waals surface area (Å²) in [4.78, 5) is 11.3. The number of hydrogen-bond donors (Lipinski definition) is 2. The lowest BCUT2D eigenvalue weighted by atomic mass is 10.2. The number of benzene rings is 1. The Labute approximate surface area is 105 Å². The van der Waals surface area contributed by atoms with Gasteiger partial charge in [0.05, 0.1) is 5.69 Å². The summed E-state index contributed by atoms with van der Waals surface area (Å²) in [5, 5.41) is 7.76. The van der Waals surface area contributed by atoms with E-state index in [0.717, 1.165) is 0 Å². The van der Waals surface area contributed by atoms with Gasteiger partial charge in [0.15, 0.2) is 0 Å². The third kappa shape index (κ3) is 3.69. The number of primary sulfonamides is 1. The van der Waals surface area contributed by atoms with Gasteiger partial charge in [-0.2, -0.15) is 0 Å². The first-order valence-electron chi connectivity index (χ1n) is 4.85. The summed E-state index contributed by atoms with van der Waals surface area (Å²) in [5.41, 5.74) is 0.135. The maximum atomic E-state index is 11.5. The Balaban J connectivity index is 3.21. The third-order valence-corrected chi connectivity index (χ3v) is 3.22. The van der Waals surface area contributed by atoms with Crippen molar-refractivity contribution in [3.8, 4) is 0 Å². The highest BCUT2D eigenvalue weighted by atomic mass is 35.5. The van der Waals surface area contributed by atoms with E-state index in [1.807, 2.05) is 0 Å². The number of sulfonamides is 1. The van der Waals surface area contributed by atoms with Crippen molar-refractivity contribution in [3.63, 3.8) is 0 Å². The predicted molar refractivity (Wildman–Crippen MR) is 66.3 cm³/mol. The summed E-state index contributed by atoms with van der Waals surface area (Å²) in [6, 6.07) is 4.08. The number of anilines is 1. The molecule has 0 saturated heterocycles. The van der Waals surface area contributed by atoms with Gasteiger partial charge in [0, 0.05) is 10.9 Å². The largest absolute Gasteiger partial charge is 0.325 e. The van der Waals surface area contributed by atoms with Gasteiger partial charge in [0.2, 0.25) is 15.9 Å². The molecule has 0 unspecified atom stereocenters. The van der Waals surface area contributed by atoms with Crippen molar-refractivity contribution in [2.45, 2.75) is 18.7 Å². The summed E-state index contributed by atoms with van der Waals surface area (Å²) in [6.07, 6.45) is 0. The fourth-order valence-corrected chi connectivity index (χ4v) is 2.07. The highest BCUT2D eigenvalue weighted by Gasteiger charge is 2.17. The van der Waals surface area contributed by atoms with Gasteiger partial charge >= 0.3 is 0 Å². The first-order chi connectivity index (χ1) is 7.71. The number of halogens is 1. The van der Waals surface area contributed by atoms with Crippen molar-refractivity contribution in [1.82, 2.24) is 0 Å². The highest BCUT2D eigenvalue weighted by Crippen LogP contribution is 2.24. The molecule has 1 rings (SSSR count). The number of carbonyl (C=O) groups excluding carboxylic acids is 1. The highest BCUT2D eigenvalue weighted by molar-refractivity contribution is 7.89. The van der Waals surface area contributed by atoms with Gasteiger partial charge in [-0.1, -0.05) is 25.4 Å². The van der Waals surface area contributed by atoms with Crippen LogP contribution in [-0.4, -0.2) is 14.3 Å². The fourth-order valence-electron chi connectivity index (χ4n) is 1.11. The summed E-state index contributed by atoms with van der Waals surface area (Å²) in [7, 11) is -3.93. The second-order valence-electron chi connectivity index (χ2n) is 3.83. The van der Waals surface area contributed by atoms with Crippen LogP contribution in [0.15, 0.2) is 23.1 Å². The zero-order valence-electron chi connectivity index (χ0n) is 9.40. The van der Waals surface area contributed by atoms with E-state index in [-0.39, 0.29) is 27.4 Å². The summed E-state index contributed by atoms with van der Waals surface area (Å²) >= 11 is 5.69. The average Bonchev–Trinajstić information content (AvgIpc) is 2.18. The van der Waals surface area contributed by atoms with Crippen LogP contribution in [0.2, 0.25) is 5.02 Å². The van der Waals surface area contributed by atoms with Crippen LogP contribution in [-0.2, 0) is 14.8 Å². The zero-order valence-corrected chi connectivity index (χ0v) is 11.0. The Morgan fingerprint density at radius 3 is 2.47 bits per heavy atom. The first-order valence-corrected chi connectivity index (χ1v) is 6.77. The normalized spacial score (nSPS) is 11.6. The smallest absolute Gasteiger partial charge is 0.240 e. The molecular formula is C10H13ClN2O3S. The Kier molecular flexibility index (Phi) is 4.13. The lowest BCUT2D eigenvalue weighted by Crippen LogP contribution is -2.21. The lowest BCUT2D eigenvalue weighted by molar-refractivity contribution is -0.118. The number of hydrogen-bond acceptors (Lipinski definition) is 3. The second-order valence-corrected chi connectivity index (χ2v) is 5.80. The molecule has 5 nitrogen and oxygen atoms in total. The Bertz CT molecular complexity index is 540. The molecule has 17 heavy (non-hydrogen) atoms. The number of amides is 1. The van der Waals surface area contributed by atoms with E-state index >= 15 is 0 Å². The molecule has 1 aromatic carbocycles. The number of nitrogens with one attached hydrogen (secondary N) is 1. The maximum Gasteiger partial charge on any atom is 0.240 e. The molecule has 1 aromatic rings. The quantitative estimate of drug-likeness (QED) is 0.878. The third-order valence-electron chi connectivity index (χ3n) is 2.03. The van der Waals surface area contributed by atoms with Crippen molar-refractivity contribution >= 4 is 33.2 Å². The van der Waals surface area contributed by atoms with Crippen LogP contribution in [0.3, 0.4) is 0 Å². The van der Waals surface area contributed by atoms with Crippen LogP contribution in [0.4, 0.5) is 5.69 Å². The van der Waals surface area contributed by atoms with Gasteiger partial charge in [-0.05, 0) is 18.2 Å². The van der Waals surface area contributed by atoms with Crippen LogP contribution in [0.25, 0.3) is 0 Å². The molecule has 0 aliphatic heterocycles. The molecule has 0 saturated carbocycles. The van der Waals surface area contributed by atoms with Crippen molar-refractivity contribution in [2.75, 3.05) is 5.32 Å². The van der Waals surface area contributed by atoms with Gasteiger partial charge in [-0.15, -0.1) is 0 Å². The van der Waals surface area contributed by atoms with E-state index in [0.29, 0.717) is 0 Å². The zero-order chi connectivity index (χ0) is 13.2. The van der Waals surface area contributed by atoms with Gasteiger partial charge in [-0.25, -0.2) is 13.6 Å². The van der Waals surface area contributed by atoms with Crippen LogP contribution in [0.1, 0.15) is 13.8 Å². The predicted octanol–water partition coefficient (Wildman–Crippen LogP) is 1.58. The Hall–Kier alpha value is -1.11. The topological polar surface area (TPSA) is 89.3 Å². The minimum absolute atomic E-state index is 0.135. The van der Waals surface area contributed by atoms with Crippen LogP contribution in [0, 0.1) is 5.92 Å². The number of nitrogens with two attached hydrogens (primary N) is 1. The molecule has 94 valence electrons. The summed E-state index contributed by atoms with van der Waals surface area (Å²) in [5.74, 6) is -0.559. The minimum Gasteiger partial charge on any atom is -0.325 e. The van der Waals surface area contributed by atoms with E-state index in [4.69, 9.17) is 16.7 Å². The lowest BCUT2D eigenvalue weighted by Gasteiger charge is -2.11. The van der Waals surface area contributed by atoms with E-state index in [1.165, 1.54) is 18.2 Å². The molecule has 0 aliphatic carbocycles. The van der Waals surface area contributed by atoms with Crippen LogP contribution >= 0.6 is 11.6 Å². The molecule has 0 radical (unpaired) electrons. The molecule has 0 atom stereocenters. The summed E-state index contributed by atoms with van der Waals surface area (Å²) in [6.45, 7) is 3.39. The molecule has 3 N–H and O–H groups in total. The van der Waals surface area contributed by atoms with E-state index in [1.54, 1.807) is 13.8 Å². The van der Waals surface area contributed by atoms with Crippen LogP contribution in [0.5, 0.6) is 0 Å². The Morgan fingerprint density at radius 2 is 2.00 bits per heavy atom.